The minimum Gasteiger partial charge on any atom is -0.497 e. The summed E-state index contributed by atoms with van der Waals surface area (Å²) >= 11 is 0. The number of fused-ring (bicyclic) bond motifs is 5. The molecule has 2 heterocycles. The van der Waals surface area contributed by atoms with Crippen LogP contribution in [0.25, 0.3) is 22.2 Å². The standard InChI is InChI=1S/C30H29NO5/c1-34-21-8-10-22(11-9-21)36-23-12-14-25-27(18-23)35-16-15-31-26-17-20(30(32)33)7-13-24(26)28(29(25)31)19-5-3-2-4-6-19/h7-14,17-19H,2-6,15-16H2,1H3,(H,32,33). The Balaban J connectivity index is 1.47. The topological polar surface area (TPSA) is 69.9 Å². The first-order valence-electron chi connectivity index (χ1n) is 12.6. The molecule has 6 heteroatoms. The number of carbonyl (C=O) groups is 1. The zero-order valence-corrected chi connectivity index (χ0v) is 20.3. The van der Waals surface area contributed by atoms with Crippen LogP contribution in [-0.4, -0.2) is 29.4 Å². The van der Waals surface area contributed by atoms with Crippen LogP contribution in [0.1, 0.15) is 53.9 Å². The number of rotatable bonds is 5. The van der Waals surface area contributed by atoms with Gasteiger partial charge in [-0.2, -0.15) is 0 Å². The van der Waals surface area contributed by atoms with Gasteiger partial charge < -0.3 is 23.9 Å². The third-order valence-corrected chi connectivity index (χ3v) is 7.44. The molecule has 4 aromatic rings. The van der Waals surface area contributed by atoms with E-state index in [1.165, 1.54) is 24.8 Å². The van der Waals surface area contributed by atoms with Gasteiger partial charge in [-0.3, -0.25) is 0 Å². The van der Waals surface area contributed by atoms with Gasteiger partial charge in [-0.15, -0.1) is 0 Å². The number of ether oxygens (including phenoxy) is 3. The molecule has 0 atom stereocenters. The number of nitrogens with zero attached hydrogens (tertiary/aromatic N) is 1. The fourth-order valence-electron chi connectivity index (χ4n) is 5.74. The predicted molar refractivity (Wildman–Crippen MR) is 139 cm³/mol. The molecule has 3 aromatic carbocycles. The molecule has 0 bridgehead atoms. The van der Waals surface area contributed by atoms with Gasteiger partial charge in [0.25, 0.3) is 0 Å². The zero-order chi connectivity index (χ0) is 24.6. The van der Waals surface area contributed by atoms with Crippen molar-refractivity contribution in [3.8, 4) is 34.3 Å². The third-order valence-electron chi connectivity index (χ3n) is 7.44. The Morgan fingerprint density at radius 3 is 2.44 bits per heavy atom. The molecule has 0 unspecified atom stereocenters. The van der Waals surface area contributed by atoms with Gasteiger partial charge in [0.1, 0.15) is 29.6 Å². The van der Waals surface area contributed by atoms with Crippen molar-refractivity contribution in [2.75, 3.05) is 13.7 Å². The van der Waals surface area contributed by atoms with Gasteiger partial charge in [0, 0.05) is 22.5 Å². The summed E-state index contributed by atoms with van der Waals surface area (Å²) < 4.78 is 19.9. The smallest absolute Gasteiger partial charge is 0.335 e. The van der Waals surface area contributed by atoms with Crippen LogP contribution < -0.4 is 14.2 Å². The van der Waals surface area contributed by atoms with Crippen molar-refractivity contribution >= 4 is 16.9 Å². The number of carboxylic acids is 1. The Labute approximate surface area is 210 Å². The van der Waals surface area contributed by atoms with Gasteiger partial charge in [0.2, 0.25) is 0 Å². The Kier molecular flexibility index (Phi) is 5.80. The Hall–Kier alpha value is -3.93. The van der Waals surface area contributed by atoms with Crippen molar-refractivity contribution < 1.29 is 24.1 Å². The molecule has 36 heavy (non-hydrogen) atoms. The summed E-state index contributed by atoms with van der Waals surface area (Å²) in [6.45, 7) is 1.15. The van der Waals surface area contributed by atoms with Crippen LogP contribution in [0.5, 0.6) is 23.0 Å². The Bertz CT molecular complexity index is 1430. The molecule has 1 N–H and O–H groups in total. The van der Waals surface area contributed by atoms with Crippen LogP contribution in [0, 0.1) is 0 Å². The molecule has 0 spiro atoms. The van der Waals surface area contributed by atoms with E-state index in [1.807, 2.05) is 48.5 Å². The zero-order valence-electron chi connectivity index (χ0n) is 20.3. The molecule has 0 saturated heterocycles. The largest absolute Gasteiger partial charge is 0.497 e. The highest BCUT2D eigenvalue weighted by Crippen LogP contribution is 2.48. The minimum atomic E-state index is -0.905. The van der Waals surface area contributed by atoms with Crippen molar-refractivity contribution in [2.45, 2.75) is 44.6 Å². The normalized spacial score (nSPS) is 15.5. The monoisotopic (exact) mass is 483 g/mol. The lowest BCUT2D eigenvalue weighted by Crippen LogP contribution is -2.07. The highest BCUT2D eigenvalue weighted by atomic mass is 16.5. The second-order valence-corrected chi connectivity index (χ2v) is 9.57. The van der Waals surface area contributed by atoms with E-state index in [-0.39, 0.29) is 0 Å². The molecule has 1 aliphatic carbocycles. The highest BCUT2D eigenvalue weighted by molar-refractivity contribution is 5.98. The van der Waals surface area contributed by atoms with Crippen LogP contribution in [0.4, 0.5) is 0 Å². The first-order valence-corrected chi connectivity index (χ1v) is 12.6. The average Bonchev–Trinajstić information content (AvgIpc) is 3.11. The number of carboxylic acid groups (broad SMARTS) is 1. The number of aromatic nitrogens is 1. The third kappa shape index (κ3) is 3.96. The molecule has 1 aliphatic heterocycles. The van der Waals surface area contributed by atoms with Gasteiger partial charge in [-0.05, 0) is 72.9 Å². The summed E-state index contributed by atoms with van der Waals surface area (Å²) in [5.41, 5.74) is 4.80. The van der Waals surface area contributed by atoms with Gasteiger partial charge in [-0.1, -0.05) is 25.3 Å². The van der Waals surface area contributed by atoms with Crippen LogP contribution in [-0.2, 0) is 6.54 Å². The number of hydrogen-bond acceptors (Lipinski definition) is 4. The molecule has 1 fully saturated rings. The van der Waals surface area contributed by atoms with E-state index in [2.05, 4.69) is 10.6 Å². The Morgan fingerprint density at radius 1 is 0.944 bits per heavy atom. The number of aromatic carboxylic acids is 1. The van der Waals surface area contributed by atoms with Gasteiger partial charge in [-0.25, -0.2) is 4.79 Å². The van der Waals surface area contributed by atoms with E-state index < -0.39 is 5.97 Å². The molecular weight excluding hydrogens is 454 g/mol. The number of benzene rings is 3. The molecule has 6 nitrogen and oxygen atoms in total. The summed E-state index contributed by atoms with van der Waals surface area (Å²) in [6, 6.07) is 19.1. The molecule has 6 rings (SSSR count). The SMILES string of the molecule is COc1ccc(Oc2ccc3c(c2)OCCn2c-3c(C3CCCCC3)c3ccc(C(=O)O)cc32)cc1. The summed E-state index contributed by atoms with van der Waals surface area (Å²) in [6.07, 6.45) is 6.03. The maximum Gasteiger partial charge on any atom is 0.335 e. The fourth-order valence-corrected chi connectivity index (χ4v) is 5.74. The quantitative estimate of drug-likeness (QED) is 0.324. The lowest BCUT2D eigenvalue weighted by atomic mass is 9.81. The van der Waals surface area contributed by atoms with Crippen molar-refractivity contribution in [3.05, 3.63) is 71.8 Å². The number of methoxy groups -OCH3 is 1. The summed E-state index contributed by atoms with van der Waals surface area (Å²) in [7, 11) is 1.64. The first kappa shape index (κ1) is 22.5. The van der Waals surface area contributed by atoms with Crippen molar-refractivity contribution in [2.24, 2.45) is 0 Å². The van der Waals surface area contributed by atoms with Crippen molar-refractivity contribution in [1.82, 2.24) is 4.57 Å². The van der Waals surface area contributed by atoms with E-state index in [9.17, 15) is 9.90 Å². The molecule has 2 aliphatic rings. The molecule has 0 radical (unpaired) electrons. The lowest BCUT2D eigenvalue weighted by molar-refractivity contribution is 0.0697. The minimum absolute atomic E-state index is 0.312. The van der Waals surface area contributed by atoms with Crippen molar-refractivity contribution in [3.63, 3.8) is 0 Å². The number of hydrogen-bond donors (Lipinski definition) is 1. The van der Waals surface area contributed by atoms with Crippen LogP contribution in [0.2, 0.25) is 0 Å². The van der Waals surface area contributed by atoms with E-state index in [1.54, 1.807) is 13.2 Å². The van der Waals surface area contributed by atoms with Crippen LogP contribution >= 0.6 is 0 Å². The summed E-state index contributed by atoms with van der Waals surface area (Å²) in [5, 5.41) is 10.8. The molecule has 184 valence electrons. The van der Waals surface area contributed by atoms with Gasteiger partial charge >= 0.3 is 5.97 Å². The highest BCUT2D eigenvalue weighted by Gasteiger charge is 2.29. The summed E-state index contributed by atoms with van der Waals surface area (Å²) in [5.74, 6) is 2.55. The molecular formula is C30H29NO5. The second kappa shape index (κ2) is 9.26. The average molecular weight is 484 g/mol. The maximum atomic E-state index is 11.8. The second-order valence-electron chi connectivity index (χ2n) is 9.57. The predicted octanol–water partition coefficient (Wildman–Crippen LogP) is 7.25. The lowest BCUT2D eigenvalue weighted by Gasteiger charge is -2.23. The maximum absolute atomic E-state index is 11.8. The molecule has 1 aromatic heterocycles. The first-order chi connectivity index (χ1) is 17.6. The van der Waals surface area contributed by atoms with Gasteiger partial charge in [0.05, 0.1) is 24.9 Å². The Morgan fingerprint density at radius 2 is 1.69 bits per heavy atom. The molecule has 1 saturated carbocycles. The van der Waals surface area contributed by atoms with Crippen LogP contribution in [0.3, 0.4) is 0 Å². The fraction of sp³-hybridized carbons (Fsp3) is 0.300. The van der Waals surface area contributed by atoms with E-state index in [4.69, 9.17) is 14.2 Å². The summed E-state index contributed by atoms with van der Waals surface area (Å²) in [4.78, 5) is 11.8. The van der Waals surface area contributed by atoms with E-state index >= 15 is 0 Å². The van der Waals surface area contributed by atoms with E-state index in [0.717, 1.165) is 52.3 Å². The molecule has 0 amide bonds. The van der Waals surface area contributed by atoms with Crippen molar-refractivity contribution in [1.29, 1.82) is 0 Å². The van der Waals surface area contributed by atoms with E-state index in [0.29, 0.717) is 30.4 Å². The van der Waals surface area contributed by atoms with Crippen LogP contribution in [0.15, 0.2) is 60.7 Å². The van der Waals surface area contributed by atoms with Gasteiger partial charge in [0.15, 0.2) is 0 Å².